The Balaban J connectivity index is 2.02. The largest absolute Gasteiger partial charge is 0.424 e. The number of aromatic nitrogens is 2. The highest BCUT2D eigenvalue weighted by molar-refractivity contribution is 5.19. The average Bonchev–Trinajstić information content (AvgIpc) is 2.86. The van der Waals surface area contributed by atoms with E-state index in [0.717, 1.165) is 12.0 Å². The first-order valence-corrected chi connectivity index (χ1v) is 6.37. The van der Waals surface area contributed by atoms with Crippen molar-refractivity contribution in [3.05, 3.63) is 47.4 Å². The molecule has 1 aromatic heterocycles. The van der Waals surface area contributed by atoms with E-state index < -0.39 is 0 Å². The van der Waals surface area contributed by atoms with Crippen LogP contribution in [0.15, 0.2) is 28.7 Å². The zero-order valence-corrected chi connectivity index (χ0v) is 11.4. The Morgan fingerprint density at radius 2 is 1.84 bits per heavy atom. The molecule has 1 heterocycles. The van der Waals surface area contributed by atoms with Crippen LogP contribution in [0.3, 0.4) is 0 Å². The topological polar surface area (TPSA) is 42.2 Å². The number of rotatable bonds is 5. The van der Waals surface area contributed by atoms with Crippen LogP contribution in [0.4, 0.5) is 4.39 Å². The number of hydrogen-bond donors (Lipinski definition) is 0. The lowest BCUT2D eigenvalue weighted by Gasteiger charge is -2.23. The maximum Gasteiger partial charge on any atom is 0.230 e. The average molecular weight is 263 g/mol. The van der Waals surface area contributed by atoms with Gasteiger partial charge in [-0.05, 0) is 31.7 Å². The van der Waals surface area contributed by atoms with E-state index in [9.17, 15) is 4.39 Å². The highest BCUT2D eigenvalue weighted by Gasteiger charge is 2.15. The first-order chi connectivity index (χ1) is 9.10. The summed E-state index contributed by atoms with van der Waals surface area (Å²) >= 11 is 0. The van der Waals surface area contributed by atoms with Crippen molar-refractivity contribution in [1.29, 1.82) is 0 Å². The van der Waals surface area contributed by atoms with E-state index in [4.69, 9.17) is 4.42 Å². The predicted octanol–water partition coefficient (Wildman–Crippen LogP) is 2.96. The lowest BCUT2D eigenvalue weighted by molar-refractivity contribution is 0.225. The Bertz CT molecular complexity index is 524. The third-order valence-corrected chi connectivity index (χ3v) is 3.21. The summed E-state index contributed by atoms with van der Waals surface area (Å²) in [7, 11) is 1.98. The molecule has 0 radical (unpaired) electrons. The molecule has 1 atom stereocenters. The van der Waals surface area contributed by atoms with Crippen molar-refractivity contribution < 1.29 is 8.81 Å². The number of hydrogen-bond acceptors (Lipinski definition) is 4. The lowest BCUT2D eigenvalue weighted by Crippen LogP contribution is -2.22. The van der Waals surface area contributed by atoms with Gasteiger partial charge in [0.05, 0.1) is 6.54 Å². The quantitative estimate of drug-likeness (QED) is 0.831. The van der Waals surface area contributed by atoms with Crippen LogP contribution in [0.1, 0.15) is 37.2 Å². The van der Waals surface area contributed by atoms with E-state index in [-0.39, 0.29) is 11.9 Å². The van der Waals surface area contributed by atoms with Crippen LogP contribution in [-0.2, 0) is 13.0 Å². The fourth-order valence-electron chi connectivity index (χ4n) is 1.84. The maximum atomic E-state index is 12.9. The molecule has 1 unspecified atom stereocenters. The van der Waals surface area contributed by atoms with E-state index >= 15 is 0 Å². The van der Waals surface area contributed by atoms with Crippen molar-refractivity contribution in [3.63, 3.8) is 0 Å². The fourth-order valence-corrected chi connectivity index (χ4v) is 1.84. The molecule has 0 bridgehead atoms. The summed E-state index contributed by atoms with van der Waals surface area (Å²) in [6.07, 6.45) is 0.740. The molecular weight excluding hydrogens is 245 g/mol. The van der Waals surface area contributed by atoms with Gasteiger partial charge in [0.1, 0.15) is 5.82 Å². The minimum Gasteiger partial charge on any atom is -0.424 e. The Morgan fingerprint density at radius 1 is 1.21 bits per heavy atom. The second kappa shape index (κ2) is 5.93. The molecular formula is C14H18FN3O. The molecule has 5 heteroatoms. The monoisotopic (exact) mass is 263 g/mol. The van der Waals surface area contributed by atoms with Crippen LogP contribution in [-0.4, -0.2) is 22.1 Å². The smallest absolute Gasteiger partial charge is 0.230 e. The summed E-state index contributed by atoms with van der Waals surface area (Å²) < 4.78 is 18.4. The highest BCUT2D eigenvalue weighted by Crippen LogP contribution is 2.20. The Kier molecular flexibility index (Phi) is 4.27. The van der Waals surface area contributed by atoms with Crippen molar-refractivity contribution in [2.75, 3.05) is 7.05 Å². The van der Waals surface area contributed by atoms with Crippen LogP contribution in [0.5, 0.6) is 0 Å². The number of benzene rings is 1. The van der Waals surface area contributed by atoms with Gasteiger partial charge in [-0.3, -0.25) is 4.90 Å². The van der Waals surface area contributed by atoms with Crippen LogP contribution in [0.25, 0.3) is 0 Å². The third kappa shape index (κ3) is 3.38. The normalized spacial score (nSPS) is 12.9. The van der Waals surface area contributed by atoms with Gasteiger partial charge in [0.15, 0.2) is 0 Å². The van der Waals surface area contributed by atoms with Gasteiger partial charge in [-0.15, -0.1) is 10.2 Å². The van der Waals surface area contributed by atoms with Gasteiger partial charge in [0, 0.05) is 12.5 Å². The van der Waals surface area contributed by atoms with Gasteiger partial charge in [-0.1, -0.05) is 19.1 Å². The van der Waals surface area contributed by atoms with Crippen molar-refractivity contribution in [1.82, 2.24) is 15.1 Å². The predicted molar refractivity (Wildman–Crippen MR) is 70.0 cm³/mol. The van der Waals surface area contributed by atoms with Gasteiger partial charge < -0.3 is 4.42 Å². The maximum absolute atomic E-state index is 12.9. The first-order valence-electron chi connectivity index (χ1n) is 6.37. The van der Waals surface area contributed by atoms with Crippen molar-refractivity contribution in [2.24, 2.45) is 0 Å². The Hall–Kier alpha value is -1.75. The second-order valence-electron chi connectivity index (χ2n) is 4.59. The summed E-state index contributed by atoms with van der Waals surface area (Å²) in [6.45, 7) is 4.61. The molecule has 0 amide bonds. The SMILES string of the molecule is CCc1nnc(CN(C)C(C)c2ccc(F)cc2)o1. The van der Waals surface area contributed by atoms with Gasteiger partial charge in [-0.25, -0.2) is 4.39 Å². The molecule has 102 valence electrons. The lowest BCUT2D eigenvalue weighted by atomic mass is 10.1. The molecule has 0 aliphatic rings. The minimum atomic E-state index is -0.219. The first kappa shape index (κ1) is 13.7. The molecule has 1 aromatic carbocycles. The van der Waals surface area contributed by atoms with Gasteiger partial charge >= 0.3 is 0 Å². The Labute approximate surface area is 112 Å². The minimum absolute atomic E-state index is 0.151. The van der Waals surface area contributed by atoms with Crippen molar-refractivity contribution >= 4 is 0 Å². The van der Waals surface area contributed by atoms with E-state index in [2.05, 4.69) is 22.0 Å². The summed E-state index contributed by atoms with van der Waals surface area (Å²) in [5, 5.41) is 7.94. The summed E-state index contributed by atoms with van der Waals surface area (Å²) in [6, 6.07) is 6.68. The van der Waals surface area contributed by atoms with E-state index in [1.54, 1.807) is 12.1 Å². The van der Waals surface area contributed by atoms with E-state index in [1.807, 2.05) is 14.0 Å². The molecule has 0 spiro atoms. The molecule has 0 N–H and O–H groups in total. The van der Waals surface area contributed by atoms with Gasteiger partial charge in [0.25, 0.3) is 0 Å². The third-order valence-electron chi connectivity index (χ3n) is 3.21. The van der Waals surface area contributed by atoms with E-state index in [1.165, 1.54) is 12.1 Å². The molecule has 0 aliphatic heterocycles. The zero-order valence-electron chi connectivity index (χ0n) is 11.4. The fraction of sp³-hybridized carbons (Fsp3) is 0.429. The van der Waals surface area contributed by atoms with Crippen molar-refractivity contribution in [3.8, 4) is 0 Å². The standard InChI is InChI=1S/C14H18FN3O/c1-4-13-16-17-14(19-13)9-18(3)10(2)11-5-7-12(15)8-6-11/h5-8,10H,4,9H2,1-3H3. The van der Waals surface area contributed by atoms with Gasteiger partial charge in [-0.2, -0.15) is 0 Å². The zero-order chi connectivity index (χ0) is 13.8. The van der Waals surface area contributed by atoms with Crippen LogP contribution in [0, 0.1) is 5.82 Å². The molecule has 0 aliphatic carbocycles. The van der Waals surface area contributed by atoms with Crippen molar-refractivity contribution in [2.45, 2.75) is 32.9 Å². The summed E-state index contributed by atoms with van der Waals surface area (Å²) in [4.78, 5) is 2.08. The Morgan fingerprint density at radius 3 is 2.42 bits per heavy atom. The molecule has 0 fully saturated rings. The molecule has 19 heavy (non-hydrogen) atoms. The highest BCUT2D eigenvalue weighted by atomic mass is 19.1. The molecule has 4 nitrogen and oxygen atoms in total. The van der Waals surface area contributed by atoms with Gasteiger partial charge in [0.2, 0.25) is 11.8 Å². The number of nitrogens with zero attached hydrogens (tertiary/aromatic N) is 3. The van der Waals surface area contributed by atoms with Crippen LogP contribution in [0.2, 0.25) is 0 Å². The number of aryl methyl sites for hydroxylation is 1. The second-order valence-corrected chi connectivity index (χ2v) is 4.59. The molecule has 0 saturated carbocycles. The van der Waals surface area contributed by atoms with Crippen LogP contribution >= 0.6 is 0 Å². The molecule has 2 rings (SSSR count). The molecule has 2 aromatic rings. The molecule has 0 saturated heterocycles. The van der Waals surface area contributed by atoms with Crippen LogP contribution < -0.4 is 0 Å². The summed E-state index contributed by atoms with van der Waals surface area (Å²) in [5.74, 6) is 1.04. The van der Waals surface area contributed by atoms with E-state index in [0.29, 0.717) is 18.3 Å². The number of halogens is 1. The summed E-state index contributed by atoms with van der Waals surface area (Å²) in [5.41, 5.74) is 1.05.